The summed E-state index contributed by atoms with van der Waals surface area (Å²) in [5, 5.41) is 11.3. The van der Waals surface area contributed by atoms with Crippen LogP contribution in [0.25, 0.3) is 0 Å². The number of rotatable bonds is 3. The summed E-state index contributed by atoms with van der Waals surface area (Å²) in [7, 11) is 1.52. The Labute approximate surface area is 92.0 Å². The first-order chi connectivity index (χ1) is 7.61. The van der Waals surface area contributed by atoms with E-state index in [0.717, 1.165) is 0 Å². The van der Waals surface area contributed by atoms with Crippen molar-refractivity contribution in [1.29, 1.82) is 0 Å². The Hall–Kier alpha value is -2.04. The molecule has 5 heteroatoms. The Kier molecular flexibility index (Phi) is 2.52. The maximum Gasteiger partial charge on any atom is 0.305 e. The van der Waals surface area contributed by atoms with Crippen LogP contribution in [0, 0.1) is 0 Å². The maximum absolute atomic E-state index is 11.6. The van der Waals surface area contributed by atoms with Crippen molar-refractivity contribution in [3.05, 3.63) is 29.3 Å². The second kappa shape index (κ2) is 3.84. The first kappa shape index (κ1) is 10.5. The number of carboxylic acids is 1. The van der Waals surface area contributed by atoms with E-state index in [0.29, 0.717) is 16.9 Å². The molecule has 1 unspecified atom stereocenters. The lowest BCUT2D eigenvalue weighted by Gasteiger charge is -2.08. The Morgan fingerprint density at radius 3 is 2.94 bits per heavy atom. The largest absolute Gasteiger partial charge is 0.497 e. The summed E-state index contributed by atoms with van der Waals surface area (Å²) >= 11 is 0. The van der Waals surface area contributed by atoms with E-state index in [2.05, 4.69) is 5.32 Å². The van der Waals surface area contributed by atoms with Crippen molar-refractivity contribution in [2.24, 2.45) is 0 Å². The van der Waals surface area contributed by atoms with Crippen molar-refractivity contribution in [3.63, 3.8) is 0 Å². The van der Waals surface area contributed by atoms with E-state index in [-0.39, 0.29) is 12.3 Å². The average Bonchev–Trinajstić information content (AvgIpc) is 2.54. The first-order valence-electron chi connectivity index (χ1n) is 4.82. The average molecular weight is 221 g/mol. The molecule has 1 aliphatic rings. The number of amides is 1. The second-order valence-electron chi connectivity index (χ2n) is 3.58. The normalized spacial score (nSPS) is 17.8. The number of carbonyl (C=O) groups excluding carboxylic acids is 1. The van der Waals surface area contributed by atoms with E-state index in [9.17, 15) is 9.59 Å². The topological polar surface area (TPSA) is 75.6 Å². The van der Waals surface area contributed by atoms with Gasteiger partial charge in [-0.15, -0.1) is 0 Å². The molecule has 1 atom stereocenters. The highest BCUT2D eigenvalue weighted by Crippen LogP contribution is 2.30. The third-order valence-electron chi connectivity index (χ3n) is 2.56. The van der Waals surface area contributed by atoms with Crippen molar-refractivity contribution >= 4 is 11.9 Å². The van der Waals surface area contributed by atoms with E-state index in [1.165, 1.54) is 7.11 Å². The zero-order valence-corrected chi connectivity index (χ0v) is 8.69. The number of benzene rings is 1. The van der Waals surface area contributed by atoms with Crippen molar-refractivity contribution in [1.82, 2.24) is 5.32 Å². The molecule has 2 N–H and O–H groups in total. The maximum atomic E-state index is 11.6. The van der Waals surface area contributed by atoms with Gasteiger partial charge in [0.1, 0.15) is 5.75 Å². The summed E-state index contributed by atoms with van der Waals surface area (Å²) in [6.45, 7) is 0. The third kappa shape index (κ3) is 1.71. The highest BCUT2D eigenvalue weighted by atomic mass is 16.5. The molecule has 1 aromatic rings. The number of hydrogen-bond acceptors (Lipinski definition) is 3. The smallest absolute Gasteiger partial charge is 0.305 e. The minimum atomic E-state index is -0.936. The molecule has 5 nitrogen and oxygen atoms in total. The Morgan fingerprint density at radius 1 is 1.56 bits per heavy atom. The van der Waals surface area contributed by atoms with Gasteiger partial charge in [0.05, 0.1) is 19.6 Å². The molecule has 2 rings (SSSR count). The van der Waals surface area contributed by atoms with E-state index in [1.54, 1.807) is 18.2 Å². The molecule has 84 valence electrons. The Balaban J connectivity index is 2.36. The number of aliphatic carboxylic acids is 1. The van der Waals surface area contributed by atoms with Crippen LogP contribution >= 0.6 is 0 Å². The van der Waals surface area contributed by atoms with Gasteiger partial charge in [-0.1, -0.05) is 6.07 Å². The van der Waals surface area contributed by atoms with Gasteiger partial charge in [0.2, 0.25) is 0 Å². The number of carboxylic acid groups (broad SMARTS) is 1. The van der Waals surface area contributed by atoms with Gasteiger partial charge in [0.25, 0.3) is 5.91 Å². The molecule has 1 heterocycles. The number of carbonyl (C=O) groups is 2. The molecule has 0 aromatic heterocycles. The fourth-order valence-corrected chi connectivity index (χ4v) is 1.81. The monoisotopic (exact) mass is 221 g/mol. The highest BCUT2D eigenvalue weighted by Gasteiger charge is 2.30. The van der Waals surface area contributed by atoms with Gasteiger partial charge in [-0.3, -0.25) is 9.59 Å². The van der Waals surface area contributed by atoms with Crippen molar-refractivity contribution in [3.8, 4) is 5.75 Å². The second-order valence-corrected chi connectivity index (χ2v) is 3.58. The van der Waals surface area contributed by atoms with E-state index in [4.69, 9.17) is 9.84 Å². The van der Waals surface area contributed by atoms with Crippen LogP contribution in [0.2, 0.25) is 0 Å². The minimum absolute atomic E-state index is 0.106. The van der Waals surface area contributed by atoms with Crippen LogP contribution in [0.5, 0.6) is 5.75 Å². The number of fused-ring (bicyclic) bond motifs is 1. The lowest BCUT2D eigenvalue weighted by atomic mass is 10.0. The molecule has 0 aliphatic carbocycles. The minimum Gasteiger partial charge on any atom is -0.497 e. The summed E-state index contributed by atoms with van der Waals surface area (Å²) in [6.07, 6.45) is -0.106. The number of hydrogen-bond donors (Lipinski definition) is 2. The quantitative estimate of drug-likeness (QED) is 0.796. The van der Waals surface area contributed by atoms with Crippen LogP contribution in [-0.4, -0.2) is 24.1 Å². The number of ether oxygens (including phenoxy) is 1. The molecule has 1 aliphatic heterocycles. The molecule has 1 aromatic carbocycles. The molecule has 0 spiro atoms. The first-order valence-corrected chi connectivity index (χ1v) is 4.82. The number of methoxy groups -OCH3 is 1. The SMILES string of the molecule is COc1ccc2c(c1)C(=O)NC2CC(=O)O. The van der Waals surface area contributed by atoms with Crippen LogP contribution in [-0.2, 0) is 4.79 Å². The van der Waals surface area contributed by atoms with Gasteiger partial charge in [-0.25, -0.2) is 0 Å². The lowest BCUT2D eigenvalue weighted by molar-refractivity contribution is -0.137. The van der Waals surface area contributed by atoms with Gasteiger partial charge >= 0.3 is 5.97 Å². The molecule has 16 heavy (non-hydrogen) atoms. The predicted molar refractivity (Wildman–Crippen MR) is 55.5 cm³/mol. The summed E-state index contributed by atoms with van der Waals surface area (Å²) in [5.74, 6) is -0.598. The van der Waals surface area contributed by atoms with Crippen LogP contribution in [0.15, 0.2) is 18.2 Å². The van der Waals surface area contributed by atoms with Gasteiger partial charge in [-0.2, -0.15) is 0 Å². The van der Waals surface area contributed by atoms with E-state index in [1.807, 2.05) is 0 Å². The standard InChI is InChI=1S/C11H11NO4/c1-16-6-2-3-7-8(4-6)11(15)12-9(7)5-10(13)14/h2-4,9H,5H2,1H3,(H,12,15)(H,13,14). The molecule has 0 bridgehead atoms. The van der Waals surface area contributed by atoms with Crippen molar-refractivity contribution in [2.45, 2.75) is 12.5 Å². The van der Waals surface area contributed by atoms with Crippen molar-refractivity contribution < 1.29 is 19.4 Å². The van der Waals surface area contributed by atoms with Gasteiger partial charge in [-0.05, 0) is 17.7 Å². The van der Waals surface area contributed by atoms with Gasteiger partial charge < -0.3 is 15.2 Å². The Bertz CT molecular complexity index is 455. The van der Waals surface area contributed by atoms with E-state index >= 15 is 0 Å². The van der Waals surface area contributed by atoms with E-state index < -0.39 is 12.0 Å². The predicted octanol–water partition coefficient (Wildman–Crippen LogP) is 0.954. The van der Waals surface area contributed by atoms with Gasteiger partial charge in [0.15, 0.2) is 0 Å². The highest BCUT2D eigenvalue weighted by molar-refractivity contribution is 6.00. The van der Waals surface area contributed by atoms with Crippen LogP contribution in [0.1, 0.15) is 28.4 Å². The molecule has 0 fully saturated rings. The summed E-state index contributed by atoms with van der Waals surface area (Å²) < 4.78 is 5.01. The summed E-state index contributed by atoms with van der Waals surface area (Å²) in [5.41, 5.74) is 1.21. The molecular weight excluding hydrogens is 210 g/mol. The molecule has 0 saturated carbocycles. The molecule has 0 radical (unpaired) electrons. The molecule has 1 amide bonds. The van der Waals surface area contributed by atoms with Crippen LogP contribution in [0.3, 0.4) is 0 Å². The zero-order valence-electron chi connectivity index (χ0n) is 8.69. The molecule has 0 saturated heterocycles. The lowest BCUT2D eigenvalue weighted by Crippen LogP contribution is -2.21. The summed E-state index contributed by atoms with van der Waals surface area (Å²) in [4.78, 5) is 22.2. The summed E-state index contributed by atoms with van der Waals surface area (Å²) in [6, 6.07) is 4.62. The molecular formula is C11H11NO4. The van der Waals surface area contributed by atoms with Crippen LogP contribution in [0.4, 0.5) is 0 Å². The van der Waals surface area contributed by atoms with Gasteiger partial charge in [0, 0.05) is 5.56 Å². The van der Waals surface area contributed by atoms with Crippen LogP contribution < -0.4 is 10.1 Å². The fourth-order valence-electron chi connectivity index (χ4n) is 1.81. The Morgan fingerprint density at radius 2 is 2.31 bits per heavy atom. The fraction of sp³-hybridized carbons (Fsp3) is 0.273. The third-order valence-corrected chi connectivity index (χ3v) is 2.56. The number of nitrogens with one attached hydrogen (secondary N) is 1. The zero-order chi connectivity index (χ0) is 11.7. The van der Waals surface area contributed by atoms with Crippen molar-refractivity contribution in [2.75, 3.05) is 7.11 Å².